The number of hydrogen-bond donors (Lipinski definition) is 4. The summed E-state index contributed by atoms with van der Waals surface area (Å²) in [5.74, 6) is -0.510. The first-order chi connectivity index (χ1) is 14.3. The van der Waals surface area contributed by atoms with E-state index >= 15 is 0 Å². The van der Waals surface area contributed by atoms with Gasteiger partial charge in [0.05, 0.1) is 11.1 Å². The number of furan rings is 1. The molecule has 4 rings (SSSR count). The van der Waals surface area contributed by atoms with Crippen LogP contribution in [0.25, 0.3) is 11.1 Å². The molecular formula is C22H21N5O3. The molecule has 152 valence electrons. The summed E-state index contributed by atoms with van der Waals surface area (Å²) in [6.45, 7) is 3.82. The lowest BCUT2D eigenvalue weighted by molar-refractivity contribution is 0.0885. The largest absolute Gasteiger partial charge is 0.445 e. The highest BCUT2D eigenvalue weighted by atomic mass is 16.3. The molecule has 2 aromatic carbocycles. The number of carbonyl (C=O) groups excluding carboxylic acids is 2. The molecule has 0 atom stereocenters. The van der Waals surface area contributed by atoms with Gasteiger partial charge in [-0.2, -0.15) is 5.10 Å². The van der Waals surface area contributed by atoms with Gasteiger partial charge in [-0.25, -0.2) is 0 Å². The molecule has 8 nitrogen and oxygen atoms in total. The average molecular weight is 403 g/mol. The van der Waals surface area contributed by atoms with E-state index in [-0.39, 0.29) is 23.1 Å². The quantitative estimate of drug-likeness (QED) is 0.378. The molecule has 0 aliphatic rings. The van der Waals surface area contributed by atoms with E-state index in [1.165, 1.54) is 0 Å². The van der Waals surface area contributed by atoms with Crippen molar-refractivity contribution >= 4 is 34.4 Å². The lowest BCUT2D eigenvalue weighted by Crippen LogP contribution is -2.40. The van der Waals surface area contributed by atoms with Crippen molar-refractivity contribution in [1.82, 2.24) is 15.5 Å². The third-order valence-corrected chi connectivity index (χ3v) is 4.82. The van der Waals surface area contributed by atoms with E-state index in [1.54, 1.807) is 30.3 Å². The van der Waals surface area contributed by atoms with E-state index < -0.39 is 11.4 Å². The summed E-state index contributed by atoms with van der Waals surface area (Å²) in [4.78, 5) is 25.3. The van der Waals surface area contributed by atoms with E-state index in [0.717, 1.165) is 5.56 Å². The fourth-order valence-electron chi connectivity index (χ4n) is 3.16. The van der Waals surface area contributed by atoms with Crippen molar-refractivity contribution in [3.05, 3.63) is 77.6 Å². The molecule has 0 fully saturated rings. The fourth-order valence-corrected chi connectivity index (χ4v) is 3.16. The number of aromatic amines is 1. The van der Waals surface area contributed by atoms with E-state index in [9.17, 15) is 9.59 Å². The predicted octanol–water partition coefficient (Wildman–Crippen LogP) is 3.66. The zero-order valence-electron chi connectivity index (χ0n) is 16.5. The van der Waals surface area contributed by atoms with Crippen LogP contribution in [0.4, 0.5) is 11.5 Å². The van der Waals surface area contributed by atoms with Crippen molar-refractivity contribution in [3.8, 4) is 0 Å². The number of rotatable bonds is 5. The number of amides is 2. The Kier molecular flexibility index (Phi) is 4.75. The van der Waals surface area contributed by atoms with Crippen molar-refractivity contribution in [2.45, 2.75) is 19.4 Å². The van der Waals surface area contributed by atoms with E-state index in [0.29, 0.717) is 16.8 Å². The number of hydrogen-bond acceptors (Lipinski definition) is 5. The topological polar surface area (TPSA) is 126 Å². The van der Waals surface area contributed by atoms with Crippen LogP contribution < -0.4 is 16.4 Å². The predicted molar refractivity (Wildman–Crippen MR) is 114 cm³/mol. The zero-order valence-corrected chi connectivity index (χ0v) is 16.5. The average Bonchev–Trinajstić information content (AvgIpc) is 3.31. The first-order valence-corrected chi connectivity index (χ1v) is 9.37. The number of aromatic nitrogens is 2. The van der Waals surface area contributed by atoms with Gasteiger partial charge in [0.2, 0.25) is 0 Å². The number of nitrogens with one attached hydrogen (secondary N) is 3. The number of carbonyl (C=O) groups is 2. The first kappa shape index (κ1) is 19.3. The van der Waals surface area contributed by atoms with E-state index in [1.807, 2.05) is 44.2 Å². The van der Waals surface area contributed by atoms with Gasteiger partial charge < -0.3 is 20.8 Å². The van der Waals surface area contributed by atoms with Gasteiger partial charge >= 0.3 is 0 Å². The molecule has 0 aliphatic carbocycles. The second kappa shape index (κ2) is 7.40. The van der Waals surface area contributed by atoms with Crippen molar-refractivity contribution in [2.24, 2.45) is 0 Å². The maximum absolute atomic E-state index is 12.8. The Labute approximate surface area is 172 Å². The highest BCUT2D eigenvalue weighted by molar-refractivity contribution is 6.10. The van der Waals surface area contributed by atoms with Crippen molar-refractivity contribution in [1.29, 1.82) is 0 Å². The van der Waals surface area contributed by atoms with Crippen molar-refractivity contribution in [3.63, 3.8) is 0 Å². The van der Waals surface area contributed by atoms with Gasteiger partial charge in [0.25, 0.3) is 11.8 Å². The molecule has 30 heavy (non-hydrogen) atoms. The zero-order chi connectivity index (χ0) is 21.3. The van der Waals surface area contributed by atoms with Gasteiger partial charge in [0, 0.05) is 11.8 Å². The fraction of sp³-hybridized carbons (Fsp3) is 0.136. The normalized spacial score (nSPS) is 11.4. The van der Waals surface area contributed by atoms with Crippen LogP contribution in [0.3, 0.4) is 0 Å². The highest BCUT2D eigenvalue weighted by Gasteiger charge is 2.26. The summed E-state index contributed by atoms with van der Waals surface area (Å²) < 4.78 is 5.70. The van der Waals surface area contributed by atoms with Crippen LogP contribution in [0.1, 0.15) is 40.3 Å². The van der Waals surface area contributed by atoms with E-state index in [2.05, 4.69) is 20.8 Å². The summed E-state index contributed by atoms with van der Waals surface area (Å²) >= 11 is 0. The van der Waals surface area contributed by atoms with Crippen LogP contribution in [0.5, 0.6) is 0 Å². The summed E-state index contributed by atoms with van der Waals surface area (Å²) in [6, 6.07) is 17.9. The molecule has 0 spiro atoms. The molecular weight excluding hydrogens is 382 g/mol. The maximum Gasteiger partial charge on any atom is 0.287 e. The monoisotopic (exact) mass is 403 g/mol. The molecule has 0 unspecified atom stereocenters. The summed E-state index contributed by atoms with van der Waals surface area (Å²) in [7, 11) is 0. The number of nitrogens with two attached hydrogens (primary N) is 1. The smallest absolute Gasteiger partial charge is 0.287 e. The Hall–Kier alpha value is -4.07. The number of nitrogens with zero attached hydrogens (tertiary/aromatic N) is 1. The Balaban J connectivity index is 1.55. The molecule has 0 radical (unpaired) electrons. The molecule has 0 saturated heterocycles. The first-order valence-electron chi connectivity index (χ1n) is 9.37. The molecule has 2 heterocycles. The minimum atomic E-state index is -0.598. The number of fused-ring (bicyclic) bond motifs is 1. The maximum atomic E-state index is 12.8. The minimum Gasteiger partial charge on any atom is -0.445 e. The van der Waals surface area contributed by atoms with Gasteiger partial charge in [0.15, 0.2) is 17.2 Å². The molecule has 8 heteroatoms. The van der Waals surface area contributed by atoms with Crippen LogP contribution in [0.15, 0.2) is 65.1 Å². The Bertz CT molecular complexity index is 1220. The molecule has 0 saturated carbocycles. The van der Waals surface area contributed by atoms with Crippen LogP contribution in [-0.4, -0.2) is 22.0 Å². The molecule has 5 N–H and O–H groups in total. The van der Waals surface area contributed by atoms with Gasteiger partial charge in [-0.15, -0.1) is 0 Å². The van der Waals surface area contributed by atoms with Crippen LogP contribution in [0.2, 0.25) is 0 Å². The Morgan fingerprint density at radius 2 is 1.73 bits per heavy atom. The number of anilines is 2. The summed E-state index contributed by atoms with van der Waals surface area (Å²) in [6.07, 6.45) is 0. The van der Waals surface area contributed by atoms with Gasteiger partial charge in [-0.05, 0) is 31.5 Å². The molecule has 2 amide bonds. The second-order valence-electron chi connectivity index (χ2n) is 7.41. The summed E-state index contributed by atoms with van der Waals surface area (Å²) in [5, 5.41) is 12.4. The number of benzene rings is 2. The van der Waals surface area contributed by atoms with E-state index in [4.69, 9.17) is 10.2 Å². The molecule has 0 bridgehead atoms. The van der Waals surface area contributed by atoms with Crippen LogP contribution >= 0.6 is 0 Å². The van der Waals surface area contributed by atoms with Crippen LogP contribution in [-0.2, 0) is 5.54 Å². The molecule has 0 aliphatic heterocycles. The number of nitrogen functional groups attached to an aromatic ring is 1. The molecule has 4 aromatic rings. The third-order valence-electron chi connectivity index (χ3n) is 4.82. The lowest BCUT2D eigenvalue weighted by Gasteiger charge is -2.26. The van der Waals surface area contributed by atoms with Gasteiger partial charge in [-0.1, -0.05) is 42.5 Å². The van der Waals surface area contributed by atoms with Crippen LogP contribution in [0, 0.1) is 0 Å². The lowest BCUT2D eigenvalue weighted by atomic mass is 9.94. The SMILES string of the molecule is CC(C)(NC(=O)c1cc2[nH]nc(NC(=O)c3ccccc3N)c2o1)c1ccccc1. The minimum absolute atomic E-state index is 0.109. The second-order valence-corrected chi connectivity index (χ2v) is 7.41. The Morgan fingerprint density at radius 1 is 1.03 bits per heavy atom. The summed E-state index contributed by atoms with van der Waals surface area (Å²) in [5.41, 5.74) is 7.66. The third kappa shape index (κ3) is 3.62. The standard InChI is InChI=1S/C22H21N5O3/c1-22(2,13-8-4-3-5-9-13)25-21(29)17-12-16-18(30-17)19(27-26-16)24-20(28)14-10-6-7-11-15(14)23/h3-12H,23H2,1-2H3,(H,25,29)(H2,24,26,27,28). The van der Waals surface area contributed by atoms with Crippen molar-refractivity contribution < 1.29 is 14.0 Å². The number of para-hydroxylation sites is 1. The van der Waals surface area contributed by atoms with Gasteiger partial charge in [-0.3, -0.25) is 14.7 Å². The Morgan fingerprint density at radius 3 is 2.47 bits per heavy atom. The number of H-pyrrole nitrogens is 1. The molecule has 2 aromatic heterocycles. The van der Waals surface area contributed by atoms with Gasteiger partial charge in [0.1, 0.15) is 5.52 Å². The van der Waals surface area contributed by atoms with Crippen molar-refractivity contribution in [2.75, 3.05) is 11.1 Å². The highest BCUT2D eigenvalue weighted by Crippen LogP contribution is 2.26.